The molecule has 1 saturated heterocycles. The largest absolute Gasteiger partial charge is 0.391 e. The Kier molecular flexibility index (Phi) is 5.89. The van der Waals surface area contributed by atoms with Crippen LogP contribution in [-0.2, 0) is 17.8 Å². The van der Waals surface area contributed by atoms with E-state index in [1.165, 1.54) is 6.33 Å². The van der Waals surface area contributed by atoms with Crippen molar-refractivity contribution in [2.75, 3.05) is 18.8 Å². The van der Waals surface area contributed by atoms with E-state index in [2.05, 4.69) is 21.9 Å². The zero-order valence-electron chi connectivity index (χ0n) is 19.9. The summed E-state index contributed by atoms with van der Waals surface area (Å²) in [7, 11) is 0. The molecule has 1 aliphatic heterocycles. The number of hydrogen-bond acceptors (Lipinski definition) is 8. The number of aryl methyl sites for hydroxylation is 1. The lowest BCUT2D eigenvalue weighted by atomic mass is 9.91. The number of nitrogens with zero attached hydrogens (tertiary/aromatic N) is 7. The highest BCUT2D eigenvalue weighted by Gasteiger charge is 2.42. The van der Waals surface area contributed by atoms with Gasteiger partial charge < -0.3 is 30.0 Å². The Labute approximate surface area is 202 Å². The average molecular weight is 479 g/mol. The van der Waals surface area contributed by atoms with Gasteiger partial charge >= 0.3 is 0 Å². The Morgan fingerprint density at radius 1 is 1.23 bits per heavy atom. The lowest BCUT2D eigenvalue weighted by Gasteiger charge is -2.34. The van der Waals surface area contributed by atoms with E-state index < -0.39 is 17.7 Å². The molecule has 5 rings (SSSR count). The summed E-state index contributed by atoms with van der Waals surface area (Å²) < 4.78 is 3.67. The van der Waals surface area contributed by atoms with Crippen molar-refractivity contribution in [2.24, 2.45) is 0 Å². The predicted octanol–water partition coefficient (Wildman–Crippen LogP) is 1.30. The summed E-state index contributed by atoms with van der Waals surface area (Å²) in [5.74, 6) is 0.935. The Hall–Kier alpha value is -3.57. The van der Waals surface area contributed by atoms with Crippen molar-refractivity contribution in [3.63, 3.8) is 0 Å². The van der Waals surface area contributed by atoms with Crippen LogP contribution in [0.3, 0.4) is 0 Å². The fourth-order valence-electron chi connectivity index (χ4n) is 5.05. The quantitative estimate of drug-likeness (QED) is 0.389. The first-order valence-electron chi connectivity index (χ1n) is 11.8. The van der Waals surface area contributed by atoms with Crippen molar-refractivity contribution >= 4 is 33.9 Å². The molecule has 1 aliphatic rings. The molecule has 0 radical (unpaired) electrons. The van der Waals surface area contributed by atoms with Gasteiger partial charge in [-0.05, 0) is 25.5 Å². The van der Waals surface area contributed by atoms with Crippen molar-refractivity contribution in [1.29, 1.82) is 0 Å². The SMILES string of the molecule is CCCc1nc2ccccc2n1CC(=O)N1C[C@H](O)C[C@](C)(O)[C@@H](n2cnc3c(N)ncnc32)C1. The van der Waals surface area contributed by atoms with Crippen LogP contribution >= 0.6 is 0 Å². The molecule has 0 spiro atoms. The summed E-state index contributed by atoms with van der Waals surface area (Å²) in [5.41, 5.74) is 7.28. The predicted molar refractivity (Wildman–Crippen MR) is 130 cm³/mol. The van der Waals surface area contributed by atoms with Gasteiger partial charge in [-0.3, -0.25) is 4.79 Å². The third kappa shape index (κ3) is 4.21. The molecule has 0 unspecified atom stereocenters. The summed E-state index contributed by atoms with van der Waals surface area (Å²) in [6, 6.07) is 7.16. The number of aromatic nitrogens is 6. The van der Waals surface area contributed by atoms with E-state index >= 15 is 0 Å². The molecule has 11 nitrogen and oxygen atoms in total. The number of rotatable bonds is 5. The monoisotopic (exact) mass is 478 g/mol. The van der Waals surface area contributed by atoms with Crippen LogP contribution < -0.4 is 5.73 Å². The summed E-state index contributed by atoms with van der Waals surface area (Å²) in [5, 5.41) is 22.1. The van der Waals surface area contributed by atoms with Gasteiger partial charge in [0.05, 0.1) is 35.1 Å². The van der Waals surface area contributed by atoms with Gasteiger partial charge in [0, 0.05) is 25.9 Å². The van der Waals surface area contributed by atoms with E-state index in [1.54, 1.807) is 22.7 Å². The van der Waals surface area contributed by atoms with Crippen LogP contribution in [0.1, 0.15) is 38.6 Å². The molecule has 4 N–H and O–H groups in total. The highest BCUT2D eigenvalue weighted by molar-refractivity contribution is 5.82. The average Bonchev–Trinajstić information content (AvgIpc) is 3.35. The number of nitrogens with two attached hydrogens (primary N) is 1. The number of carbonyl (C=O) groups is 1. The molecule has 4 aromatic rings. The van der Waals surface area contributed by atoms with Gasteiger partial charge in [0.1, 0.15) is 24.2 Å². The summed E-state index contributed by atoms with van der Waals surface area (Å²) in [6.45, 7) is 4.12. The standard InChI is InChI=1S/C24H30N8O3/c1-3-6-19-29-16-7-4-5-8-17(16)31(19)12-20(34)30-10-15(33)9-24(2,35)18(11-30)32-14-28-21-22(25)26-13-27-23(21)32/h4-5,7-8,13-15,18,33,35H,3,6,9-12H2,1-2H3,(H2,25,26,27)/t15-,18+,24+/m1/s1. The van der Waals surface area contributed by atoms with Gasteiger partial charge in [-0.1, -0.05) is 19.1 Å². The number of anilines is 1. The molecule has 184 valence electrons. The van der Waals surface area contributed by atoms with E-state index in [9.17, 15) is 15.0 Å². The number of likely N-dealkylation sites (tertiary alicyclic amines) is 1. The number of β-amino-alcohol motifs (C(OH)–C–C–N with tert-alkyl or cyclic N) is 1. The first-order valence-corrected chi connectivity index (χ1v) is 11.8. The number of fused-ring (bicyclic) bond motifs is 2. The molecule has 1 fully saturated rings. The zero-order valence-corrected chi connectivity index (χ0v) is 19.9. The lowest BCUT2D eigenvalue weighted by molar-refractivity contribution is -0.133. The number of imidazole rings is 2. The summed E-state index contributed by atoms with van der Waals surface area (Å²) >= 11 is 0. The fraction of sp³-hybridized carbons (Fsp3) is 0.458. The molecule has 0 saturated carbocycles. The second-order valence-electron chi connectivity index (χ2n) is 9.47. The minimum Gasteiger partial charge on any atom is -0.391 e. The molecule has 0 aliphatic carbocycles. The number of amides is 1. The van der Waals surface area contributed by atoms with Crippen LogP contribution in [0, 0.1) is 0 Å². The molecule has 0 bridgehead atoms. The molecular formula is C24H30N8O3. The van der Waals surface area contributed by atoms with Crippen molar-refractivity contribution in [3.8, 4) is 0 Å². The first kappa shape index (κ1) is 23.2. The van der Waals surface area contributed by atoms with Crippen molar-refractivity contribution in [1.82, 2.24) is 34.0 Å². The number of para-hydroxylation sites is 2. The Bertz CT molecular complexity index is 1380. The van der Waals surface area contributed by atoms with E-state index in [1.807, 2.05) is 28.8 Å². The number of benzene rings is 1. The van der Waals surface area contributed by atoms with Crippen LogP contribution in [-0.4, -0.2) is 74.9 Å². The van der Waals surface area contributed by atoms with Gasteiger partial charge in [-0.2, -0.15) is 0 Å². The summed E-state index contributed by atoms with van der Waals surface area (Å²) in [6.07, 6.45) is 3.77. The molecular weight excluding hydrogens is 448 g/mol. The van der Waals surface area contributed by atoms with Crippen LogP contribution in [0.4, 0.5) is 5.82 Å². The van der Waals surface area contributed by atoms with Gasteiger partial charge in [-0.25, -0.2) is 19.9 Å². The van der Waals surface area contributed by atoms with E-state index in [0.717, 1.165) is 29.7 Å². The van der Waals surface area contributed by atoms with E-state index in [0.29, 0.717) is 11.2 Å². The molecule has 1 amide bonds. The first-order chi connectivity index (χ1) is 16.8. The van der Waals surface area contributed by atoms with Gasteiger partial charge in [0.25, 0.3) is 0 Å². The molecule has 4 heterocycles. The third-order valence-electron chi connectivity index (χ3n) is 6.77. The van der Waals surface area contributed by atoms with Crippen LogP contribution in [0.5, 0.6) is 0 Å². The minimum absolute atomic E-state index is 0.0940. The zero-order chi connectivity index (χ0) is 24.7. The minimum atomic E-state index is -1.32. The van der Waals surface area contributed by atoms with Crippen molar-refractivity contribution in [3.05, 3.63) is 42.7 Å². The van der Waals surface area contributed by atoms with Crippen molar-refractivity contribution in [2.45, 2.75) is 57.4 Å². The smallest absolute Gasteiger partial charge is 0.242 e. The normalized spacial score (nSPS) is 23.1. The fourth-order valence-corrected chi connectivity index (χ4v) is 5.05. The maximum atomic E-state index is 13.6. The second kappa shape index (κ2) is 8.90. The second-order valence-corrected chi connectivity index (χ2v) is 9.47. The number of carbonyl (C=O) groups excluding carboxylic acids is 1. The number of hydrogen-bond donors (Lipinski definition) is 3. The maximum Gasteiger partial charge on any atom is 0.242 e. The van der Waals surface area contributed by atoms with E-state index in [-0.39, 0.29) is 37.8 Å². The Morgan fingerprint density at radius 3 is 2.83 bits per heavy atom. The molecule has 3 aromatic heterocycles. The van der Waals surface area contributed by atoms with Crippen LogP contribution in [0.15, 0.2) is 36.9 Å². The van der Waals surface area contributed by atoms with Gasteiger partial charge in [0.15, 0.2) is 11.5 Å². The van der Waals surface area contributed by atoms with Crippen LogP contribution in [0.25, 0.3) is 22.2 Å². The number of aliphatic hydroxyl groups excluding tert-OH is 1. The molecule has 35 heavy (non-hydrogen) atoms. The Morgan fingerprint density at radius 2 is 2.03 bits per heavy atom. The van der Waals surface area contributed by atoms with Crippen LogP contribution in [0.2, 0.25) is 0 Å². The highest BCUT2D eigenvalue weighted by atomic mass is 16.3. The highest BCUT2D eigenvalue weighted by Crippen LogP contribution is 2.34. The molecule has 11 heteroatoms. The van der Waals surface area contributed by atoms with E-state index in [4.69, 9.17) is 10.7 Å². The molecule has 1 aromatic carbocycles. The maximum absolute atomic E-state index is 13.6. The van der Waals surface area contributed by atoms with Gasteiger partial charge in [0.2, 0.25) is 5.91 Å². The number of nitrogen functional groups attached to an aromatic ring is 1. The Balaban J connectivity index is 1.49. The molecule has 3 atom stereocenters. The number of aliphatic hydroxyl groups is 2. The third-order valence-corrected chi connectivity index (χ3v) is 6.77. The topological polar surface area (TPSA) is 148 Å². The lowest BCUT2D eigenvalue weighted by Crippen LogP contribution is -2.43. The summed E-state index contributed by atoms with van der Waals surface area (Å²) in [4.78, 5) is 32.6. The van der Waals surface area contributed by atoms with Crippen molar-refractivity contribution < 1.29 is 15.0 Å². The van der Waals surface area contributed by atoms with Gasteiger partial charge in [-0.15, -0.1) is 0 Å².